The Kier molecular flexibility index (Phi) is 5.26. The highest BCUT2D eigenvalue weighted by Crippen LogP contribution is 2.42. The molecule has 0 aliphatic carbocycles. The molecule has 1 saturated heterocycles. The molecule has 1 fully saturated rings. The molecule has 0 spiro atoms. The average molecular weight is 463 g/mol. The summed E-state index contributed by atoms with van der Waals surface area (Å²) in [5.74, 6) is -1.56. The number of hydrogen-bond acceptors (Lipinski definition) is 4. The molecule has 30 heavy (non-hydrogen) atoms. The fourth-order valence-electron chi connectivity index (χ4n) is 3.70. The molecule has 1 amide bonds. The van der Waals surface area contributed by atoms with Gasteiger partial charge in [0.2, 0.25) is 0 Å². The largest absolute Gasteiger partial charge is 0.507 e. The lowest BCUT2D eigenvalue weighted by molar-refractivity contribution is -0.132. The fourth-order valence-corrected chi connectivity index (χ4v) is 3.96. The number of aliphatic hydroxyl groups is 1. The van der Waals surface area contributed by atoms with E-state index in [4.69, 9.17) is 0 Å². The Morgan fingerprint density at radius 1 is 1.00 bits per heavy atom. The Bertz CT molecular complexity index is 1170. The number of nitrogens with zero attached hydrogens (tertiary/aromatic N) is 2. The van der Waals surface area contributed by atoms with Crippen molar-refractivity contribution in [2.24, 2.45) is 0 Å². The topological polar surface area (TPSA) is 70.5 Å². The summed E-state index contributed by atoms with van der Waals surface area (Å²) in [7, 11) is 0. The maximum atomic E-state index is 13.1. The number of aromatic nitrogens is 1. The van der Waals surface area contributed by atoms with Crippen LogP contribution in [0.25, 0.3) is 5.76 Å². The van der Waals surface area contributed by atoms with Crippen molar-refractivity contribution in [2.75, 3.05) is 4.90 Å². The van der Waals surface area contributed by atoms with Gasteiger partial charge in [0.15, 0.2) is 0 Å². The Morgan fingerprint density at radius 2 is 1.67 bits per heavy atom. The van der Waals surface area contributed by atoms with Crippen LogP contribution in [0.2, 0.25) is 0 Å². The first kappa shape index (κ1) is 20.0. The number of aryl methyl sites for hydroxylation is 2. The van der Waals surface area contributed by atoms with E-state index in [1.54, 1.807) is 36.7 Å². The highest BCUT2D eigenvalue weighted by Gasteiger charge is 2.47. The highest BCUT2D eigenvalue weighted by atomic mass is 79.9. The second-order valence-corrected chi connectivity index (χ2v) is 8.16. The Hall–Kier alpha value is -3.25. The van der Waals surface area contributed by atoms with E-state index in [1.807, 2.05) is 44.2 Å². The van der Waals surface area contributed by atoms with Gasteiger partial charge in [-0.25, -0.2) is 0 Å². The maximum absolute atomic E-state index is 13.1. The van der Waals surface area contributed by atoms with Crippen LogP contribution >= 0.6 is 15.9 Å². The molecule has 2 heterocycles. The van der Waals surface area contributed by atoms with E-state index in [0.717, 1.165) is 15.6 Å². The van der Waals surface area contributed by atoms with Crippen LogP contribution in [0.5, 0.6) is 0 Å². The second kappa shape index (κ2) is 7.88. The van der Waals surface area contributed by atoms with E-state index in [-0.39, 0.29) is 11.3 Å². The van der Waals surface area contributed by atoms with E-state index in [0.29, 0.717) is 16.8 Å². The van der Waals surface area contributed by atoms with Gasteiger partial charge in [-0.2, -0.15) is 0 Å². The first-order valence-corrected chi connectivity index (χ1v) is 10.2. The van der Waals surface area contributed by atoms with E-state index in [1.165, 1.54) is 4.90 Å². The van der Waals surface area contributed by atoms with E-state index >= 15 is 0 Å². The van der Waals surface area contributed by atoms with Crippen LogP contribution in [0, 0.1) is 13.8 Å². The molecular formula is C24H19BrN2O3. The average Bonchev–Trinajstić information content (AvgIpc) is 3.01. The summed E-state index contributed by atoms with van der Waals surface area (Å²) in [5, 5.41) is 11.2. The molecule has 150 valence electrons. The van der Waals surface area contributed by atoms with Crippen molar-refractivity contribution in [3.63, 3.8) is 0 Å². The minimum atomic E-state index is -0.755. The molecule has 0 radical (unpaired) electrons. The lowest BCUT2D eigenvalue weighted by Crippen LogP contribution is -2.29. The van der Waals surface area contributed by atoms with Crippen molar-refractivity contribution in [1.82, 2.24) is 4.98 Å². The minimum absolute atomic E-state index is 0.0721. The van der Waals surface area contributed by atoms with Crippen LogP contribution in [0.3, 0.4) is 0 Å². The van der Waals surface area contributed by atoms with Gasteiger partial charge in [0, 0.05) is 28.1 Å². The number of anilines is 1. The number of aliphatic hydroxyl groups excluding tert-OH is 1. The molecule has 5 nitrogen and oxygen atoms in total. The number of benzene rings is 2. The zero-order valence-corrected chi connectivity index (χ0v) is 18.1. The molecule has 1 N–H and O–H groups in total. The smallest absolute Gasteiger partial charge is 0.300 e. The molecule has 0 saturated carbocycles. The van der Waals surface area contributed by atoms with Crippen LogP contribution in [0.4, 0.5) is 5.69 Å². The molecule has 1 atom stereocenters. The van der Waals surface area contributed by atoms with Gasteiger partial charge in [0.05, 0.1) is 11.6 Å². The number of amides is 1. The predicted molar refractivity (Wildman–Crippen MR) is 119 cm³/mol. The van der Waals surface area contributed by atoms with Gasteiger partial charge in [-0.15, -0.1) is 0 Å². The number of rotatable bonds is 3. The number of hydrogen-bond donors (Lipinski definition) is 1. The van der Waals surface area contributed by atoms with Crippen LogP contribution in [0.15, 0.2) is 77.0 Å². The number of Topliss-reactive ketones (excluding diaryl/α,β-unsaturated/α-hetero) is 1. The van der Waals surface area contributed by atoms with E-state index in [2.05, 4.69) is 20.9 Å². The molecule has 1 aromatic heterocycles. The van der Waals surface area contributed by atoms with Crippen molar-refractivity contribution >= 4 is 39.1 Å². The first-order chi connectivity index (χ1) is 14.4. The summed E-state index contributed by atoms with van der Waals surface area (Å²) in [4.78, 5) is 31.7. The number of carbonyl (C=O) groups excluding carboxylic acids is 2. The zero-order valence-electron chi connectivity index (χ0n) is 16.5. The van der Waals surface area contributed by atoms with Gasteiger partial charge in [-0.3, -0.25) is 19.5 Å². The molecule has 6 heteroatoms. The quantitative estimate of drug-likeness (QED) is 0.334. The lowest BCUT2D eigenvalue weighted by Gasteiger charge is -2.25. The molecule has 1 aliphatic rings. The summed E-state index contributed by atoms with van der Waals surface area (Å²) in [6.07, 6.45) is 3.21. The van der Waals surface area contributed by atoms with Gasteiger partial charge in [0.1, 0.15) is 5.76 Å². The summed E-state index contributed by atoms with van der Waals surface area (Å²) >= 11 is 3.39. The van der Waals surface area contributed by atoms with Gasteiger partial charge in [-0.1, -0.05) is 33.6 Å². The minimum Gasteiger partial charge on any atom is -0.507 e. The Balaban J connectivity index is 1.97. The molecule has 1 aliphatic heterocycles. The van der Waals surface area contributed by atoms with E-state index in [9.17, 15) is 14.7 Å². The van der Waals surface area contributed by atoms with Crippen molar-refractivity contribution in [2.45, 2.75) is 19.9 Å². The Morgan fingerprint density at radius 3 is 2.33 bits per heavy atom. The van der Waals surface area contributed by atoms with Crippen molar-refractivity contribution in [3.8, 4) is 0 Å². The number of pyridine rings is 1. The third-order valence-corrected chi connectivity index (χ3v) is 5.75. The van der Waals surface area contributed by atoms with E-state index < -0.39 is 17.7 Å². The molecular weight excluding hydrogens is 444 g/mol. The second-order valence-electron chi connectivity index (χ2n) is 7.24. The standard InChI is InChI=1S/C24H19BrN2O3/c1-14-3-4-15(2)19(13-14)22(28)20-21(16-9-11-26-12-10-16)27(24(30)23(20)29)18-7-5-17(25)6-8-18/h3-13,21,28H,1-2H3/b22-20+. The maximum Gasteiger partial charge on any atom is 0.300 e. The number of carbonyl (C=O) groups is 2. The van der Waals surface area contributed by atoms with Crippen LogP contribution < -0.4 is 4.90 Å². The van der Waals surface area contributed by atoms with Gasteiger partial charge < -0.3 is 5.11 Å². The summed E-state index contributed by atoms with van der Waals surface area (Å²) in [5.41, 5.74) is 3.65. The first-order valence-electron chi connectivity index (χ1n) is 9.42. The number of ketones is 1. The monoisotopic (exact) mass is 462 g/mol. The normalized spacial score (nSPS) is 18.1. The molecule has 2 aromatic carbocycles. The zero-order chi connectivity index (χ0) is 21.4. The highest BCUT2D eigenvalue weighted by molar-refractivity contribution is 9.10. The fraction of sp³-hybridized carbons (Fsp3) is 0.125. The van der Waals surface area contributed by atoms with Crippen LogP contribution in [-0.4, -0.2) is 21.8 Å². The van der Waals surface area contributed by atoms with Gasteiger partial charge >= 0.3 is 0 Å². The molecule has 4 rings (SSSR count). The SMILES string of the molecule is Cc1ccc(C)c(/C(O)=C2\C(=O)C(=O)N(c3ccc(Br)cc3)C2c2ccncc2)c1. The predicted octanol–water partition coefficient (Wildman–Crippen LogP) is 5.09. The summed E-state index contributed by atoms with van der Waals surface area (Å²) in [6.45, 7) is 3.78. The molecule has 3 aromatic rings. The summed E-state index contributed by atoms with van der Waals surface area (Å²) in [6, 6.07) is 15.5. The third kappa shape index (κ3) is 3.44. The number of halogens is 1. The van der Waals surface area contributed by atoms with Crippen LogP contribution in [-0.2, 0) is 9.59 Å². The third-order valence-electron chi connectivity index (χ3n) is 5.22. The lowest BCUT2D eigenvalue weighted by atomic mass is 9.93. The van der Waals surface area contributed by atoms with Crippen molar-refractivity contribution in [1.29, 1.82) is 0 Å². The van der Waals surface area contributed by atoms with Crippen molar-refractivity contribution in [3.05, 3.63) is 99.3 Å². The summed E-state index contributed by atoms with van der Waals surface area (Å²) < 4.78 is 0.860. The van der Waals surface area contributed by atoms with Crippen molar-refractivity contribution < 1.29 is 14.7 Å². The molecule has 0 bridgehead atoms. The van der Waals surface area contributed by atoms with Crippen LogP contribution in [0.1, 0.15) is 28.3 Å². The Labute approximate surface area is 182 Å². The van der Waals surface area contributed by atoms with Gasteiger partial charge in [-0.05, 0) is 67.4 Å². The van der Waals surface area contributed by atoms with Gasteiger partial charge in [0.25, 0.3) is 11.7 Å². The molecule has 1 unspecified atom stereocenters.